The molecule has 1 amide bonds. The van der Waals surface area contributed by atoms with Crippen LogP contribution >= 0.6 is 11.6 Å². The number of nitrogens with zero attached hydrogens (tertiary/aromatic N) is 3. The molecule has 7 nitrogen and oxygen atoms in total. The lowest BCUT2D eigenvalue weighted by Gasteiger charge is -2.24. The molecule has 0 radical (unpaired) electrons. The van der Waals surface area contributed by atoms with Crippen molar-refractivity contribution in [1.29, 1.82) is 0 Å². The van der Waals surface area contributed by atoms with Gasteiger partial charge in [-0.25, -0.2) is 19.3 Å². The van der Waals surface area contributed by atoms with Gasteiger partial charge < -0.3 is 15.6 Å². The van der Waals surface area contributed by atoms with E-state index >= 15 is 0 Å². The number of hydrogen-bond acceptors (Lipinski definition) is 5. The molecule has 0 saturated carbocycles. The van der Waals surface area contributed by atoms with Gasteiger partial charge in [0.25, 0.3) is 0 Å². The van der Waals surface area contributed by atoms with E-state index in [1.54, 1.807) is 18.5 Å². The van der Waals surface area contributed by atoms with E-state index in [1.807, 2.05) is 19.9 Å². The van der Waals surface area contributed by atoms with Gasteiger partial charge in [0, 0.05) is 17.5 Å². The zero-order valence-corrected chi connectivity index (χ0v) is 17.9. The Balaban J connectivity index is 1.88. The highest BCUT2D eigenvalue weighted by Gasteiger charge is 2.22. The highest BCUT2D eigenvalue weighted by Crippen LogP contribution is 2.41. The van der Waals surface area contributed by atoms with Crippen LogP contribution in [0.25, 0.3) is 22.3 Å². The molecule has 0 saturated heterocycles. The number of H-pyrrole nitrogens is 1. The van der Waals surface area contributed by atoms with Gasteiger partial charge in [-0.3, -0.25) is 4.79 Å². The normalized spacial score (nSPS) is 12.0. The molecule has 1 unspecified atom stereocenters. The van der Waals surface area contributed by atoms with Gasteiger partial charge in [0.15, 0.2) is 11.5 Å². The highest BCUT2D eigenvalue weighted by molar-refractivity contribution is 6.32. The van der Waals surface area contributed by atoms with E-state index in [0.29, 0.717) is 44.4 Å². The summed E-state index contributed by atoms with van der Waals surface area (Å²) in [5, 5.41) is 6.71. The molecule has 2 aromatic carbocycles. The molecular weight excluding hydrogens is 419 g/mol. The van der Waals surface area contributed by atoms with Crippen LogP contribution in [0, 0.1) is 12.7 Å². The topological polar surface area (TPSA) is 95.6 Å². The van der Waals surface area contributed by atoms with Gasteiger partial charge in [0.1, 0.15) is 17.7 Å². The number of amides is 1. The van der Waals surface area contributed by atoms with Gasteiger partial charge in [-0.2, -0.15) is 0 Å². The molecule has 2 heterocycles. The van der Waals surface area contributed by atoms with Crippen molar-refractivity contribution in [1.82, 2.24) is 19.9 Å². The summed E-state index contributed by atoms with van der Waals surface area (Å²) in [5.74, 6) is -0.0528. The zero-order chi connectivity index (χ0) is 22.1. The fourth-order valence-electron chi connectivity index (χ4n) is 3.55. The van der Waals surface area contributed by atoms with Crippen LogP contribution < -0.4 is 10.6 Å². The summed E-state index contributed by atoms with van der Waals surface area (Å²) in [6.07, 6.45) is 2.97. The SMILES string of the molecule is CC(=O)Nc1c(C)c(Cl)cc(C(C)Nc2ncnc3nc[nH]c23)c1-c1cccc(F)c1. The number of carbonyl (C=O) groups is 1. The molecule has 9 heteroatoms. The summed E-state index contributed by atoms with van der Waals surface area (Å²) in [6.45, 7) is 5.18. The van der Waals surface area contributed by atoms with Crippen molar-refractivity contribution >= 4 is 40.2 Å². The summed E-state index contributed by atoms with van der Waals surface area (Å²) in [6, 6.07) is 7.76. The molecular formula is C22H20ClFN6O. The monoisotopic (exact) mass is 438 g/mol. The average molecular weight is 439 g/mol. The van der Waals surface area contributed by atoms with Crippen molar-refractivity contribution in [3.8, 4) is 11.1 Å². The van der Waals surface area contributed by atoms with Crippen LogP contribution in [0.4, 0.5) is 15.9 Å². The van der Waals surface area contributed by atoms with E-state index in [2.05, 4.69) is 30.6 Å². The number of halogens is 2. The number of fused-ring (bicyclic) bond motifs is 1. The van der Waals surface area contributed by atoms with Crippen molar-refractivity contribution in [3.63, 3.8) is 0 Å². The van der Waals surface area contributed by atoms with Crippen LogP contribution in [0.2, 0.25) is 5.02 Å². The lowest BCUT2D eigenvalue weighted by atomic mass is 9.91. The Hall–Kier alpha value is -3.52. The molecule has 31 heavy (non-hydrogen) atoms. The third kappa shape index (κ3) is 4.06. The highest BCUT2D eigenvalue weighted by atomic mass is 35.5. The van der Waals surface area contributed by atoms with Gasteiger partial charge in [0.05, 0.1) is 18.1 Å². The lowest BCUT2D eigenvalue weighted by molar-refractivity contribution is -0.114. The molecule has 4 rings (SSSR count). The number of aromatic nitrogens is 4. The van der Waals surface area contributed by atoms with Gasteiger partial charge >= 0.3 is 0 Å². The van der Waals surface area contributed by atoms with Gasteiger partial charge in [-0.1, -0.05) is 23.7 Å². The van der Waals surface area contributed by atoms with E-state index in [9.17, 15) is 9.18 Å². The number of hydrogen-bond donors (Lipinski definition) is 3. The van der Waals surface area contributed by atoms with Crippen molar-refractivity contribution < 1.29 is 9.18 Å². The number of imidazole rings is 1. The fourth-order valence-corrected chi connectivity index (χ4v) is 3.77. The van der Waals surface area contributed by atoms with Crippen LogP contribution in [0.5, 0.6) is 0 Å². The van der Waals surface area contributed by atoms with Crippen molar-refractivity contribution in [2.24, 2.45) is 0 Å². The maximum atomic E-state index is 14.1. The third-order valence-electron chi connectivity index (χ3n) is 5.01. The molecule has 0 spiro atoms. The summed E-state index contributed by atoms with van der Waals surface area (Å²) < 4.78 is 14.1. The minimum Gasteiger partial charge on any atom is -0.362 e. The van der Waals surface area contributed by atoms with Crippen LogP contribution in [0.15, 0.2) is 43.0 Å². The Kier molecular flexibility index (Phi) is 5.56. The number of nitrogens with one attached hydrogen (secondary N) is 3. The maximum Gasteiger partial charge on any atom is 0.221 e. The molecule has 0 fully saturated rings. The first-order valence-electron chi connectivity index (χ1n) is 9.62. The van der Waals surface area contributed by atoms with Crippen LogP contribution in [-0.4, -0.2) is 25.8 Å². The summed E-state index contributed by atoms with van der Waals surface area (Å²) >= 11 is 6.52. The van der Waals surface area contributed by atoms with Crippen LogP contribution in [-0.2, 0) is 4.79 Å². The first kappa shape index (κ1) is 20.7. The smallest absolute Gasteiger partial charge is 0.221 e. The average Bonchev–Trinajstić information content (AvgIpc) is 3.21. The molecule has 3 N–H and O–H groups in total. The number of aromatic amines is 1. The Labute approximate surface area is 183 Å². The van der Waals surface area contributed by atoms with Crippen molar-refractivity contribution in [3.05, 3.63) is 65.0 Å². The lowest BCUT2D eigenvalue weighted by Crippen LogP contribution is -2.14. The molecule has 0 aliphatic rings. The summed E-state index contributed by atoms with van der Waals surface area (Å²) in [7, 11) is 0. The van der Waals surface area contributed by atoms with Crippen LogP contribution in [0.1, 0.15) is 31.0 Å². The Bertz CT molecular complexity index is 1290. The number of benzene rings is 2. The predicted octanol–water partition coefficient (Wildman–Crippen LogP) is 5.25. The second-order valence-corrected chi connectivity index (χ2v) is 7.61. The number of anilines is 2. The molecule has 158 valence electrons. The standard InChI is InChI=1S/C22H20ClFN6O/c1-11-17(23)8-16(12(2)29-22-20-21(26-9-25-20)27-10-28-22)18(19(11)30-13(3)31)14-5-4-6-15(24)7-14/h4-10,12H,1-3H3,(H,30,31)(H2,25,26,27,28,29). The van der Waals surface area contributed by atoms with Gasteiger partial charge in [-0.15, -0.1) is 0 Å². The Morgan fingerprint density at radius 3 is 2.77 bits per heavy atom. The van der Waals surface area contributed by atoms with Crippen LogP contribution in [0.3, 0.4) is 0 Å². The Morgan fingerprint density at radius 2 is 2.03 bits per heavy atom. The van der Waals surface area contributed by atoms with E-state index in [-0.39, 0.29) is 17.8 Å². The minimum atomic E-state index is -0.375. The quantitative estimate of drug-likeness (QED) is 0.395. The molecule has 4 aromatic rings. The zero-order valence-electron chi connectivity index (χ0n) is 17.1. The van der Waals surface area contributed by atoms with E-state index in [0.717, 1.165) is 5.56 Å². The second-order valence-electron chi connectivity index (χ2n) is 7.20. The van der Waals surface area contributed by atoms with E-state index in [4.69, 9.17) is 11.6 Å². The predicted molar refractivity (Wildman–Crippen MR) is 120 cm³/mol. The van der Waals surface area contributed by atoms with Crippen molar-refractivity contribution in [2.75, 3.05) is 10.6 Å². The summed E-state index contributed by atoms with van der Waals surface area (Å²) in [5.41, 5.74) is 4.54. The molecule has 2 aromatic heterocycles. The number of carbonyl (C=O) groups excluding carboxylic acids is 1. The third-order valence-corrected chi connectivity index (χ3v) is 5.40. The first-order valence-corrected chi connectivity index (χ1v) is 10.00. The second kappa shape index (κ2) is 8.31. The largest absolute Gasteiger partial charge is 0.362 e. The number of rotatable bonds is 5. The molecule has 1 atom stereocenters. The fraction of sp³-hybridized carbons (Fsp3) is 0.182. The van der Waals surface area contributed by atoms with Gasteiger partial charge in [0.2, 0.25) is 5.91 Å². The summed E-state index contributed by atoms with van der Waals surface area (Å²) in [4.78, 5) is 27.6. The van der Waals surface area contributed by atoms with E-state index < -0.39 is 0 Å². The minimum absolute atomic E-state index is 0.246. The van der Waals surface area contributed by atoms with Gasteiger partial charge in [-0.05, 0) is 48.7 Å². The molecule has 0 aliphatic carbocycles. The van der Waals surface area contributed by atoms with Crippen molar-refractivity contribution in [2.45, 2.75) is 26.8 Å². The maximum absolute atomic E-state index is 14.1. The molecule has 0 bridgehead atoms. The molecule has 0 aliphatic heterocycles. The first-order chi connectivity index (χ1) is 14.8. The Morgan fingerprint density at radius 1 is 1.23 bits per heavy atom. The van der Waals surface area contributed by atoms with E-state index in [1.165, 1.54) is 25.4 Å².